The monoisotopic (exact) mass is 307 g/mol. The second-order valence-corrected chi connectivity index (χ2v) is 5.80. The van der Waals surface area contributed by atoms with Crippen molar-refractivity contribution in [2.24, 2.45) is 0 Å². The molecule has 124 valence electrons. The van der Waals surface area contributed by atoms with Gasteiger partial charge in [0.25, 0.3) is 0 Å². The zero-order valence-corrected chi connectivity index (χ0v) is 13.8. The number of pyridine rings is 1. The minimum absolute atomic E-state index is 0.327. The van der Waals surface area contributed by atoms with Crippen molar-refractivity contribution in [1.29, 1.82) is 0 Å². The molecular formula is C17H30BNO3. The average Bonchev–Trinajstić information content (AvgIpc) is 2.53. The highest BCUT2D eigenvalue weighted by Crippen LogP contribution is 2.11. The van der Waals surface area contributed by atoms with E-state index in [1.165, 1.54) is 51.4 Å². The Morgan fingerprint density at radius 2 is 1.55 bits per heavy atom. The average molecular weight is 307 g/mol. The Bertz CT molecular complexity index is 388. The molecule has 0 bridgehead atoms. The van der Waals surface area contributed by atoms with E-state index < -0.39 is 7.12 Å². The summed E-state index contributed by atoms with van der Waals surface area (Å²) in [5.41, 5.74) is 0.328. The van der Waals surface area contributed by atoms with E-state index >= 15 is 0 Å². The molecule has 4 nitrogen and oxygen atoms in total. The second-order valence-electron chi connectivity index (χ2n) is 5.80. The van der Waals surface area contributed by atoms with Crippen LogP contribution in [0.4, 0.5) is 0 Å². The summed E-state index contributed by atoms with van der Waals surface area (Å²) in [7, 11) is -1.53. The molecule has 0 aliphatic carbocycles. The molecule has 0 aliphatic heterocycles. The van der Waals surface area contributed by atoms with Crippen LogP contribution < -0.4 is 10.2 Å². The van der Waals surface area contributed by atoms with Crippen LogP contribution in [0.25, 0.3) is 0 Å². The van der Waals surface area contributed by atoms with Gasteiger partial charge in [0, 0.05) is 11.7 Å². The molecule has 0 radical (unpaired) electrons. The summed E-state index contributed by atoms with van der Waals surface area (Å²) in [6, 6.07) is 3.29. The highest BCUT2D eigenvalue weighted by molar-refractivity contribution is 6.59. The SMILES string of the molecule is CCCCCCCCCCCCOc1ncccc1B(O)O. The summed E-state index contributed by atoms with van der Waals surface area (Å²) in [5.74, 6) is 0.327. The van der Waals surface area contributed by atoms with Crippen molar-refractivity contribution in [3.8, 4) is 5.88 Å². The first-order valence-corrected chi connectivity index (χ1v) is 8.69. The van der Waals surface area contributed by atoms with Gasteiger partial charge in [0.2, 0.25) is 5.88 Å². The van der Waals surface area contributed by atoms with E-state index in [1.807, 2.05) is 0 Å². The van der Waals surface area contributed by atoms with Crippen LogP contribution >= 0.6 is 0 Å². The molecule has 0 aliphatic rings. The van der Waals surface area contributed by atoms with E-state index in [1.54, 1.807) is 18.3 Å². The topological polar surface area (TPSA) is 62.6 Å². The van der Waals surface area contributed by atoms with Gasteiger partial charge < -0.3 is 14.8 Å². The number of hydrogen-bond acceptors (Lipinski definition) is 4. The molecule has 0 saturated carbocycles. The summed E-state index contributed by atoms with van der Waals surface area (Å²) in [4.78, 5) is 4.04. The Morgan fingerprint density at radius 1 is 0.955 bits per heavy atom. The van der Waals surface area contributed by atoms with Crippen LogP contribution in [0.2, 0.25) is 0 Å². The van der Waals surface area contributed by atoms with Gasteiger partial charge in [-0.25, -0.2) is 4.98 Å². The minimum Gasteiger partial charge on any atom is -0.478 e. The van der Waals surface area contributed by atoms with Crippen LogP contribution in [0.1, 0.15) is 71.1 Å². The summed E-state index contributed by atoms with van der Waals surface area (Å²) >= 11 is 0. The largest absolute Gasteiger partial charge is 0.494 e. The quantitative estimate of drug-likeness (QED) is 0.434. The smallest absolute Gasteiger partial charge is 0.478 e. The van der Waals surface area contributed by atoms with Crippen molar-refractivity contribution >= 4 is 12.6 Å². The van der Waals surface area contributed by atoms with Gasteiger partial charge in [-0.3, -0.25) is 0 Å². The Labute approximate surface area is 135 Å². The number of aromatic nitrogens is 1. The summed E-state index contributed by atoms with van der Waals surface area (Å²) < 4.78 is 5.54. The van der Waals surface area contributed by atoms with E-state index in [-0.39, 0.29) is 0 Å². The Kier molecular flexibility index (Phi) is 10.8. The van der Waals surface area contributed by atoms with Gasteiger partial charge in [0.15, 0.2) is 0 Å². The molecule has 0 saturated heterocycles. The van der Waals surface area contributed by atoms with Gasteiger partial charge >= 0.3 is 7.12 Å². The molecule has 1 aromatic heterocycles. The molecule has 0 aromatic carbocycles. The van der Waals surface area contributed by atoms with Crippen LogP contribution in [0.3, 0.4) is 0 Å². The maximum atomic E-state index is 9.22. The molecule has 22 heavy (non-hydrogen) atoms. The second kappa shape index (κ2) is 12.5. The molecular weight excluding hydrogens is 277 g/mol. The molecule has 0 amide bonds. The lowest BCUT2D eigenvalue weighted by Gasteiger charge is -2.09. The molecule has 0 fully saturated rings. The fourth-order valence-electron chi connectivity index (χ4n) is 2.48. The Balaban J connectivity index is 2.00. The highest BCUT2D eigenvalue weighted by Gasteiger charge is 2.17. The first-order chi connectivity index (χ1) is 10.8. The number of unbranched alkanes of at least 4 members (excludes halogenated alkanes) is 9. The zero-order valence-electron chi connectivity index (χ0n) is 13.8. The van der Waals surface area contributed by atoms with Crippen molar-refractivity contribution in [1.82, 2.24) is 4.98 Å². The normalized spacial score (nSPS) is 10.7. The number of nitrogens with zero attached hydrogens (tertiary/aromatic N) is 1. The van der Waals surface area contributed by atoms with E-state index in [0.29, 0.717) is 17.9 Å². The van der Waals surface area contributed by atoms with Crippen LogP contribution in [-0.2, 0) is 0 Å². The van der Waals surface area contributed by atoms with Gasteiger partial charge in [-0.15, -0.1) is 0 Å². The highest BCUT2D eigenvalue weighted by atomic mass is 16.5. The van der Waals surface area contributed by atoms with Crippen LogP contribution in [0.5, 0.6) is 5.88 Å². The molecule has 0 unspecified atom stereocenters. The minimum atomic E-state index is -1.53. The van der Waals surface area contributed by atoms with E-state index in [4.69, 9.17) is 4.74 Å². The lowest BCUT2D eigenvalue weighted by Crippen LogP contribution is -2.32. The lowest BCUT2D eigenvalue weighted by atomic mass is 9.81. The maximum absolute atomic E-state index is 9.22. The van der Waals surface area contributed by atoms with Crippen molar-refractivity contribution in [2.75, 3.05) is 6.61 Å². The third-order valence-electron chi connectivity index (χ3n) is 3.82. The molecule has 0 atom stereocenters. The summed E-state index contributed by atoms with van der Waals surface area (Å²) in [5, 5.41) is 18.4. The van der Waals surface area contributed by atoms with Crippen molar-refractivity contribution in [2.45, 2.75) is 71.1 Å². The van der Waals surface area contributed by atoms with Gasteiger partial charge in [-0.1, -0.05) is 70.8 Å². The van der Waals surface area contributed by atoms with E-state index in [0.717, 1.165) is 12.8 Å². The third-order valence-corrected chi connectivity index (χ3v) is 3.82. The standard InChI is InChI=1S/C17H30BNO3/c1-2-3-4-5-6-7-8-9-10-11-15-22-17-16(18(20)21)13-12-14-19-17/h12-14,20-21H,2-11,15H2,1H3. The number of ether oxygens (including phenoxy) is 1. The van der Waals surface area contributed by atoms with Crippen molar-refractivity contribution in [3.63, 3.8) is 0 Å². The first-order valence-electron chi connectivity index (χ1n) is 8.69. The van der Waals surface area contributed by atoms with E-state index in [2.05, 4.69) is 11.9 Å². The molecule has 1 aromatic rings. The number of hydrogen-bond donors (Lipinski definition) is 2. The fraction of sp³-hybridized carbons (Fsp3) is 0.706. The zero-order chi connectivity index (χ0) is 16.0. The Hall–Kier alpha value is -1.07. The first kappa shape index (κ1) is 19.0. The number of rotatable bonds is 13. The molecule has 0 spiro atoms. The van der Waals surface area contributed by atoms with Gasteiger partial charge in [-0.2, -0.15) is 0 Å². The fourth-order valence-corrected chi connectivity index (χ4v) is 2.48. The van der Waals surface area contributed by atoms with Gasteiger partial charge in [0.1, 0.15) is 0 Å². The lowest BCUT2D eigenvalue weighted by molar-refractivity contribution is 0.294. The summed E-state index contributed by atoms with van der Waals surface area (Å²) in [6.45, 7) is 2.82. The predicted molar refractivity (Wildman–Crippen MR) is 91.4 cm³/mol. The van der Waals surface area contributed by atoms with E-state index in [9.17, 15) is 10.0 Å². The van der Waals surface area contributed by atoms with Gasteiger partial charge in [0.05, 0.1) is 6.61 Å². The molecule has 1 rings (SSSR count). The summed E-state index contributed by atoms with van der Waals surface area (Å²) in [6.07, 6.45) is 14.4. The maximum Gasteiger partial charge on any atom is 0.494 e. The van der Waals surface area contributed by atoms with Gasteiger partial charge in [-0.05, 0) is 12.5 Å². The van der Waals surface area contributed by atoms with Crippen LogP contribution in [0, 0.1) is 0 Å². The van der Waals surface area contributed by atoms with Crippen molar-refractivity contribution in [3.05, 3.63) is 18.3 Å². The molecule has 1 heterocycles. The third kappa shape index (κ3) is 8.40. The van der Waals surface area contributed by atoms with Crippen LogP contribution in [0.15, 0.2) is 18.3 Å². The van der Waals surface area contributed by atoms with Crippen LogP contribution in [-0.4, -0.2) is 28.8 Å². The molecule has 2 N–H and O–H groups in total. The predicted octanol–water partition coefficient (Wildman–Crippen LogP) is 3.06. The Morgan fingerprint density at radius 3 is 2.14 bits per heavy atom. The van der Waals surface area contributed by atoms with Crippen molar-refractivity contribution < 1.29 is 14.8 Å². The molecule has 5 heteroatoms.